The second-order valence-corrected chi connectivity index (χ2v) is 3.34. The quantitative estimate of drug-likeness (QED) is 0.757. The van der Waals surface area contributed by atoms with E-state index in [9.17, 15) is 4.79 Å². The van der Waals surface area contributed by atoms with Crippen molar-refractivity contribution in [3.63, 3.8) is 0 Å². The van der Waals surface area contributed by atoms with Crippen LogP contribution >= 0.6 is 12.4 Å². The predicted molar refractivity (Wildman–Crippen MR) is 62.2 cm³/mol. The summed E-state index contributed by atoms with van der Waals surface area (Å²) in [6.45, 7) is 2.22. The van der Waals surface area contributed by atoms with Gasteiger partial charge in [-0.3, -0.25) is 0 Å². The van der Waals surface area contributed by atoms with Crippen molar-refractivity contribution >= 4 is 18.4 Å². The molecule has 1 aromatic rings. The molecule has 0 aliphatic carbocycles. The molecule has 5 heteroatoms. The van der Waals surface area contributed by atoms with Crippen molar-refractivity contribution in [2.45, 2.75) is 6.54 Å². The third-order valence-corrected chi connectivity index (χ3v) is 2.34. The maximum absolute atomic E-state index is 11.3. The van der Waals surface area contributed by atoms with Gasteiger partial charge in [0.25, 0.3) is 0 Å². The molecule has 0 aromatic heterocycles. The fourth-order valence-corrected chi connectivity index (χ4v) is 1.54. The van der Waals surface area contributed by atoms with Gasteiger partial charge in [0, 0.05) is 18.7 Å². The second-order valence-electron chi connectivity index (χ2n) is 3.34. The number of hydrogen-bond acceptors (Lipinski definition) is 4. The van der Waals surface area contributed by atoms with Crippen LogP contribution in [0.5, 0.6) is 5.75 Å². The van der Waals surface area contributed by atoms with Gasteiger partial charge < -0.3 is 14.8 Å². The van der Waals surface area contributed by atoms with Crippen molar-refractivity contribution in [1.82, 2.24) is 5.32 Å². The van der Waals surface area contributed by atoms with Crippen LogP contribution in [0.2, 0.25) is 0 Å². The van der Waals surface area contributed by atoms with E-state index in [1.807, 2.05) is 6.07 Å². The number of carbonyl (C=O) groups is 1. The zero-order chi connectivity index (χ0) is 10.7. The lowest BCUT2D eigenvalue weighted by atomic mass is 10.1. The van der Waals surface area contributed by atoms with E-state index < -0.39 is 0 Å². The molecule has 2 rings (SSSR count). The lowest BCUT2D eigenvalue weighted by Crippen LogP contribution is -2.16. The van der Waals surface area contributed by atoms with Gasteiger partial charge in [0.15, 0.2) is 0 Å². The number of esters is 1. The summed E-state index contributed by atoms with van der Waals surface area (Å²) in [6.07, 6.45) is 0. The Morgan fingerprint density at radius 2 is 2.31 bits per heavy atom. The van der Waals surface area contributed by atoms with Crippen molar-refractivity contribution in [3.05, 3.63) is 29.3 Å². The number of methoxy groups -OCH3 is 1. The molecule has 0 spiro atoms. The highest BCUT2D eigenvalue weighted by atomic mass is 35.5. The number of carbonyl (C=O) groups excluding carboxylic acids is 1. The van der Waals surface area contributed by atoms with Crippen molar-refractivity contribution < 1.29 is 14.3 Å². The molecule has 0 saturated carbocycles. The van der Waals surface area contributed by atoms with Gasteiger partial charge in [-0.2, -0.15) is 0 Å². The Morgan fingerprint density at radius 3 is 3.06 bits per heavy atom. The van der Waals surface area contributed by atoms with Crippen LogP contribution in [-0.2, 0) is 11.3 Å². The van der Waals surface area contributed by atoms with E-state index in [0.717, 1.165) is 24.4 Å². The van der Waals surface area contributed by atoms with Gasteiger partial charge in [0.2, 0.25) is 0 Å². The first-order chi connectivity index (χ1) is 7.31. The van der Waals surface area contributed by atoms with Crippen LogP contribution in [-0.4, -0.2) is 26.2 Å². The average Bonchev–Trinajstić information content (AvgIpc) is 2.51. The summed E-state index contributed by atoms with van der Waals surface area (Å²) < 4.78 is 10.2. The Hall–Kier alpha value is -1.26. The maximum Gasteiger partial charge on any atom is 0.337 e. The number of ether oxygens (including phenoxy) is 2. The number of halogens is 1. The Bertz CT molecular complexity index is 381. The topological polar surface area (TPSA) is 47.6 Å². The summed E-state index contributed by atoms with van der Waals surface area (Å²) in [5, 5.41) is 3.22. The number of benzene rings is 1. The molecule has 0 radical (unpaired) electrons. The Morgan fingerprint density at radius 1 is 1.50 bits per heavy atom. The van der Waals surface area contributed by atoms with Crippen molar-refractivity contribution in [1.29, 1.82) is 0 Å². The minimum absolute atomic E-state index is 0. The monoisotopic (exact) mass is 243 g/mol. The zero-order valence-corrected chi connectivity index (χ0v) is 9.80. The molecule has 0 saturated heterocycles. The maximum atomic E-state index is 11.3. The van der Waals surface area contributed by atoms with Gasteiger partial charge in [-0.25, -0.2) is 4.79 Å². The summed E-state index contributed by atoms with van der Waals surface area (Å²) in [6, 6.07) is 5.37. The van der Waals surface area contributed by atoms with Gasteiger partial charge in [-0.1, -0.05) is 6.07 Å². The van der Waals surface area contributed by atoms with Crippen LogP contribution in [0.3, 0.4) is 0 Å². The highest BCUT2D eigenvalue weighted by Gasteiger charge is 2.12. The number of rotatable bonds is 1. The summed E-state index contributed by atoms with van der Waals surface area (Å²) in [7, 11) is 1.37. The minimum Gasteiger partial charge on any atom is -0.492 e. The van der Waals surface area contributed by atoms with E-state index in [2.05, 4.69) is 10.1 Å². The van der Waals surface area contributed by atoms with Crippen LogP contribution in [0.15, 0.2) is 18.2 Å². The summed E-state index contributed by atoms with van der Waals surface area (Å²) >= 11 is 0. The highest BCUT2D eigenvalue weighted by molar-refractivity contribution is 5.89. The van der Waals surface area contributed by atoms with Crippen molar-refractivity contribution in [2.24, 2.45) is 0 Å². The molecule has 0 atom stereocenters. The van der Waals surface area contributed by atoms with Crippen molar-refractivity contribution in [2.75, 3.05) is 20.3 Å². The largest absolute Gasteiger partial charge is 0.492 e. The molecule has 1 aromatic carbocycles. The SMILES string of the molecule is COC(=O)c1ccc2c(c1)OCCNC2.Cl. The van der Waals surface area contributed by atoms with Gasteiger partial charge in [0.1, 0.15) is 12.4 Å². The first-order valence-corrected chi connectivity index (χ1v) is 4.86. The van der Waals surface area contributed by atoms with Crippen LogP contribution in [0, 0.1) is 0 Å². The molecular formula is C11H14ClNO3. The molecular weight excluding hydrogens is 230 g/mol. The number of hydrogen-bond donors (Lipinski definition) is 1. The molecule has 4 nitrogen and oxygen atoms in total. The van der Waals surface area contributed by atoms with Crippen LogP contribution in [0.1, 0.15) is 15.9 Å². The fraction of sp³-hybridized carbons (Fsp3) is 0.364. The van der Waals surface area contributed by atoms with Crippen LogP contribution < -0.4 is 10.1 Å². The van der Waals surface area contributed by atoms with E-state index in [1.165, 1.54) is 7.11 Å². The molecule has 88 valence electrons. The molecule has 0 fully saturated rings. The van der Waals surface area contributed by atoms with E-state index in [4.69, 9.17) is 4.74 Å². The summed E-state index contributed by atoms with van der Waals surface area (Å²) in [5.74, 6) is 0.432. The number of fused-ring (bicyclic) bond motifs is 1. The van der Waals surface area contributed by atoms with E-state index >= 15 is 0 Å². The Kier molecular flexibility index (Phi) is 4.58. The van der Waals surface area contributed by atoms with Crippen LogP contribution in [0.4, 0.5) is 0 Å². The van der Waals surface area contributed by atoms with E-state index in [0.29, 0.717) is 12.2 Å². The molecule has 0 amide bonds. The van der Waals surface area contributed by atoms with E-state index in [-0.39, 0.29) is 18.4 Å². The second kappa shape index (κ2) is 5.72. The first-order valence-electron chi connectivity index (χ1n) is 4.86. The first kappa shape index (κ1) is 12.8. The van der Waals surface area contributed by atoms with Gasteiger partial charge in [-0.15, -0.1) is 12.4 Å². The normalized spacial score (nSPS) is 13.8. The van der Waals surface area contributed by atoms with Gasteiger partial charge in [0.05, 0.1) is 12.7 Å². The fourth-order valence-electron chi connectivity index (χ4n) is 1.54. The van der Waals surface area contributed by atoms with Gasteiger partial charge >= 0.3 is 5.97 Å². The summed E-state index contributed by atoms with van der Waals surface area (Å²) in [5.41, 5.74) is 1.60. The molecule has 1 N–H and O–H groups in total. The molecule has 16 heavy (non-hydrogen) atoms. The van der Waals surface area contributed by atoms with Crippen molar-refractivity contribution in [3.8, 4) is 5.75 Å². The molecule has 1 aliphatic heterocycles. The smallest absolute Gasteiger partial charge is 0.337 e. The molecule has 0 bridgehead atoms. The zero-order valence-electron chi connectivity index (χ0n) is 8.99. The Balaban J connectivity index is 0.00000128. The Labute approximate surface area is 100 Å². The predicted octanol–water partition coefficient (Wildman–Crippen LogP) is 1.38. The van der Waals surface area contributed by atoms with E-state index in [1.54, 1.807) is 12.1 Å². The summed E-state index contributed by atoms with van der Waals surface area (Å²) in [4.78, 5) is 11.3. The highest BCUT2D eigenvalue weighted by Crippen LogP contribution is 2.22. The number of nitrogens with one attached hydrogen (secondary N) is 1. The standard InChI is InChI=1S/C11H13NO3.ClH/c1-14-11(13)8-2-3-9-7-12-4-5-15-10(9)6-8;/h2-3,6,12H,4-5,7H2,1H3;1H. The third-order valence-electron chi connectivity index (χ3n) is 2.34. The third kappa shape index (κ3) is 2.65. The lowest BCUT2D eigenvalue weighted by molar-refractivity contribution is 0.0600. The average molecular weight is 244 g/mol. The molecule has 1 aliphatic rings. The molecule has 1 heterocycles. The minimum atomic E-state index is -0.335. The lowest BCUT2D eigenvalue weighted by Gasteiger charge is -2.07. The van der Waals surface area contributed by atoms with Crippen LogP contribution in [0.25, 0.3) is 0 Å². The molecule has 0 unspecified atom stereocenters. The van der Waals surface area contributed by atoms with Gasteiger partial charge in [-0.05, 0) is 12.1 Å².